The van der Waals surface area contributed by atoms with Gasteiger partial charge in [0.25, 0.3) is 5.91 Å². The molecule has 3 rings (SSSR count). The minimum absolute atomic E-state index is 0.00778. The fourth-order valence-corrected chi connectivity index (χ4v) is 4.72. The number of piperidine rings is 1. The molecule has 1 N–H and O–H groups in total. The maximum Gasteiger partial charge on any atom is 0.251 e. The predicted octanol–water partition coefficient (Wildman–Crippen LogP) is 3.68. The van der Waals surface area contributed by atoms with Crippen molar-refractivity contribution in [2.24, 2.45) is 5.92 Å². The van der Waals surface area contributed by atoms with E-state index in [1.165, 1.54) is 50.3 Å². The van der Waals surface area contributed by atoms with Crippen LogP contribution in [0.15, 0.2) is 24.3 Å². The third-order valence-corrected chi connectivity index (χ3v) is 6.31. The maximum absolute atomic E-state index is 12.1. The molecule has 2 fully saturated rings. The second-order valence-electron chi connectivity index (χ2n) is 6.54. The Morgan fingerprint density at radius 3 is 2.43 bits per heavy atom. The third-order valence-electron chi connectivity index (χ3n) is 5.01. The van der Waals surface area contributed by atoms with Gasteiger partial charge in [0, 0.05) is 23.2 Å². The minimum atomic E-state index is 0.00778. The molecule has 1 aromatic rings. The quantitative estimate of drug-likeness (QED) is 0.897. The lowest BCUT2D eigenvalue weighted by Gasteiger charge is -2.39. The average Bonchev–Trinajstić information content (AvgIpc) is 2.61. The van der Waals surface area contributed by atoms with Crippen LogP contribution >= 0.6 is 23.4 Å². The first-order chi connectivity index (χ1) is 11.2. The first-order valence-electron chi connectivity index (χ1n) is 8.58. The fourth-order valence-electron chi connectivity index (χ4n) is 3.51. The fraction of sp³-hybridized carbons (Fsp3) is 0.611. The number of hydrogen-bond donors (Lipinski definition) is 1. The van der Waals surface area contributed by atoms with Crippen LogP contribution in [0, 0.1) is 5.92 Å². The van der Waals surface area contributed by atoms with Gasteiger partial charge in [-0.1, -0.05) is 11.6 Å². The summed E-state index contributed by atoms with van der Waals surface area (Å²) in [4.78, 5) is 14.8. The molecule has 23 heavy (non-hydrogen) atoms. The van der Waals surface area contributed by atoms with E-state index in [4.69, 9.17) is 11.6 Å². The number of benzene rings is 1. The van der Waals surface area contributed by atoms with Crippen molar-refractivity contribution in [2.75, 3.05) is 31.1 Å². The molecule has 1 aromatic carbocycles. The molecule has 0 atom stereocenters. The zero-order valence-corrected chi connectivity index (χ0v) is 15.0. The second kappa shape index (κ2) is 8.41. The number of carbonyl (C=O) groups excluding carboxylic acids is 1. The van der Waals surface area contributed by atoms with Crippen LogP contribution in [-0.2, 0) is 0 Å². The number of likely N-dealkylation sites (tertiary alicyclic amines) is 1. The highest BCUT2D eigenvalue weighted by molar-refractivity contribution is 7.99. The monoisotopic (exact) mass is 352 g/mol. The van der Waals surface area contributed by atoms with Crippen LogP contribution in [0.1, 0.15) is 36.0 Å². The number of halogens is 1. The van der Waals surface area contributed by atoms with E-state index in [9.17, 15) is 4.79 Å². The summed E-state index contributed by atoms with van der Waals surface area (Å²) in [5.74, 6) is 3.26. The smallest absolute Gasteiger partial charge is 0.251 e. The van der Waals surface area contributed by atoms with E-state index in [1.54, 1.807) is 24.3 Å². The lowest BCUT2D eigenvalue weighted by Crippen LogP contribution is -2.45. The molecule has 3 nitrogen and oxygen atoms in total. The Bertz CT molecular complexity index is 508. The first kappa shape index (κ1) is 17.1. The SMILES string of the molecule is O=C(NCC1CCN(C2CCSCC2)CC1)c1ccc(Cl)cc1. The van der Waals surface area contributed by atoms with E-state index in [2.05, 4.69) is 22.0 Å². The third kappa shape index (κ3) is 4.88. The zero-order valence-electron chi connectivity index (χ0n) is 13.5. The van der Waals surface area contributed by atoms with E-state index in [0.29, 0.717) is 16.5 Å². The molecule has 2 saturated heterocycles. The van der Waals surface area contributed by atoms with Crippen molar-refractivity contribution < 1.29 is 4.79 Å². The molecule has 0 unspecified atom stereocenters. The Labute approximate surface area is 148 Å². The number of hydrogen-bond acceptors (Lipinski definition) is 3. The Balaban J connectivity index is 1.40. The van der Waals surface area contributed by atoms with Crippen molar-refractivity contribution in [3.63, 3.8) is 0 Å². The van der Waals surface area contributed by atoms with E-state index < -0.39 is 0 Å². The van der Waals surface area contributed by atoms with Gasteiger partial charge in [0.2, 0.25) is 0 Å². The predicted molar refractivity (Wildman–Crippen MR) is 98.4 cm³/mol. The molecule has 0 aliphatic carbocycles. The van der Waals surface area contributed by atoms with Crippen LogP contribution in [0.5, 0.6) is 0 Å². The van der Waals surface area contributed by atoms with Crippen LogP contribution in [0.3, 0.4) is 0 Å². The summed E-state index contributed by atoms with van der Waals surface area (Å²) in [6.45, 7) is 3.17. The van der Waals surface area contributed by atoms with Crippen LogP contribution in [0.2, 0.25) is 5.02 Å². The highest BCUT2D eigenvalue weighted by atomic mass is 35.5. The molecule has 0 aromatic heterocycles. The Kier molecular flexibility index (Phi) is 6.26. The first-order valence-corrected chi connectivity index (χ1v) is 10.1. The highest BCUT2D eigenvalue weighted by Crippen LogP contribution is 2.26. The zero-order chi connectivity index (χ0) is 16.1. The Hall–Kier alpha value is -0.710. The van der Waals surface area contributed by atoms with Crippen molar-refractivity contribution in [2.45, 2.75) is 31.7 Å². The molecule has 126 valence electrons. The molecule has 2 aliphatic rings. The molecule has 5 heteroatoms. The van der Waals surface area contributed by atoms with Crippen LogP contribution < -0.4 is 5.32 Å². The molecule has 2 aliphatic heterocycles. The molecule has 0 radical (unpaired) electrons. The molecular weight excluding hydrogens is 328 g/mol. The number of thioether (sulfide) groups is 1. The van der Waals surface area contributed by atoms with Crippen LogP contribution in [0.25, 0.3) is 0 Å². The summed E-state index contributed by atoms with van der Waals surface area (Å²) >= 11 is 7.95. The molecular formula is C18H25ClN2OS. The van der Waals surface area contributed by atoms with Gasteiger partial charge in [-0.05, 0) is 80.5 Å². The molecule has 2 heterocycles. The van der Waals surface area contributed by atoms with Crippen molar-refractivity contribution in [1.82, 2.24) is 10.2 Å². The summed E-state index contributed by atoms with van der Waals surface area (Å²) < 4.78 is 0. The van der Waals surface area contributed by atoms with Crippen LogP contribution in [-0.4, -0.2) is 48.0 Å². The van der Waals surface area contributed by atoms with Gasteiger partial charge >= 0.3 is 0 Å². The standard InChI is InChI=1S/C18H25ClN2OS/c19-16-3-1-15(2-4-16)18(22)20-13-14-5-9-21(10-6-14)17-7-11-23-12-8-17/h1-4,14,17H,5-13H2,(H,20,22). The van der Waals surface area contributed by atoms with Gasteiger partial charge in [0.05, 0.1) is 0 Å². The molecule has 1 amide bonds. The average molecular weight is 353 g/mol. The number of carbonyl (C=O) groups is 1. The van der Waals surface area contributed by atoms with Crippen molar-refractivity contribution in [3.8, 4) is 0 Å². The van der Waals surface area contributed by atoms with Gasteiger partial charge in [0.1, 0.15) is 0 Å². The largest absolute Gasteiger partial charge is 0.352 e. The van der Waals surface area contributed by atoms with Crippen molar-refractivity contribution in [3.05, 3.63) is 34.9 Å². The minimum Gasteiger partial charge on any atom is -0.352 e. The number of nitrogens with one attached hydrogen (secondary N) is 1. The number of amides is 1. The Morgan fingerprint density at radius 2 is 1.78 bits per heavy atom. The Morgan fingerprint density at radius 1 is 1.13 bits per heavy atom. The van der Waals surface area contributed by atoms with Gasteiger partial charge < -0.3 is 10.2 Å². The van der Waals surface area contributed by atoms with Gasteiger partial charge in [-0.25, -0.2) is 0 Å². The summed E-state index contributed by atoms with van der Waals surface area (Å²) in [6.07, 6.45) is 5.10. The van der Waals surface area contributed by atoms with E-state index in [0.717, 1.165) is 12.6 Å². The van der Waals surface area contributed by atoms with E-state index in [1.807, 2.05) is 0 Å². The highest BCUT2D eigenvalue weighted by Gasteiger charge is 2.26. The lowest BCUT2D eigenvalue weighted by atomic mass is 9.94. The number of nitrogens with zero attached hydrogens (tertiary/aromatic N) is 1. The van der Waals surface area contributed by atoms with E-state index >= 15 is 0 Å². The summed E-state index contributed by atoms with van der Waals surface area (Å²) in [5.41, 5.74) is 0.687. The summed E-state index contributed by atoms with van der Waals surface area (Å²) in [6, 6.07) is 7.89. The summed E-state index contributed by atoms with van der Waals surface area (Å²) in [5, 5.41) is 3.74. The molecule has 0 spiro atoms. The number of rotatable bonds is 4. The van der Waals surface area contributed by atoms with Gasteiger partial charge in [-0.2, -0.15) is 11.8 Å². The van der Waals surface area contributed by atoms with E-state index in [-0.39, 0.29) is 5.91 Å². The summed E-state index contributed by atoms with van der Waals surface area (Å²) in [7, 11) is 0. The van der Waals surface area contributed by atoms with Crippen LogP contribution in [0.4, 0.5) is 0 Å². The molecule has 0 bridgehead atoms. The van der Waals surface area contributed by atoms with Crippen molar-refractivity contribution >= 4 is 29.3 Å². The topological polar surface area (TPSA) is 32.3 Å². The lowest BCUT2D eigenvalue weighted by molar-refractivity contribution is 0.0920. The van der Waals surface area contributed by atoms with Gasteiger partial charge in [-0.3, -0.25) is 4.79 Å². The van der Waals surface area contributed by atoms with Gasteiger partial charge in [0.15, 0.2) is 0 Å². The van der Waals surface area contributed by atoms with Gasteiger partial charge in [-0.15, -0.1) is 0 Å². The molecule has 0 saturated carbocycles. The second-order valence-corrected chi connectivity index (χ2v) is 8.20. The normalized spacial score (nSPS) is 21.3. The maximum atomic E-state index is 12.1. The van der Waals surface area contributed by atoms with Crippen molar-refractivity contribution in [1.29, 1.82) is 0 Å².